The number of carbonyl (C=O) groups excluding carboxylic acids is 1. The second-order valence-electron chi connectivity index (χ2n) is 9.00. The molecule has 1 heterocycles. The summed E-state index contributed by atoms with van der Waals surface area (Å²) >= 11 is 0. The Hall–Kier alpha value is -1.90. The van der Waals surface area contributed by atoms with Crippen LogP contribution < -0.4 is 0 Å². The molecule has 0 spiro atoms. The molecule has 0 saturated carbocycles. The molecule has 146 valence electrons. The Morgan fingerprint density at radius 1 is 1.33 bits per heavy atom. The third kappa shape index (κ3) is 4.69. The lowest BCUT2D eigenvalue weighted by atomic mass is 9.68. The van der Waals surface area contributed by atoms with E-state index in [4.69, 9.17) is 4.74 Å². The zero-order valence-corrected chi connectivity index (χ0v) is 18.3. The largest absolute Gasteiger partial charge is 0.465 e. The number of nitriles is 1. The van der Waals surface area contributed by atoms with Gasteiger partial charge in [0.05, 0.1) is 18.6 Å². The number of benzene rings is 1. The highest BCUT2D eigenvalue weighted by Gasteiger charge is 2.50. The summed E-state index contributed by atoms with van der Waals surface area (Å²) in [6.45, 7) is 11.5. The molecule has 0 aliphatic carbocycles. The maximum absolute atomic E-state index is 12.7. The first-order valence-corrected chi connectivity index (χ1v) is 13.3. The molecule has 0 bridgehead atoms. The van der Waals surface area contributed by atoms with Gasteiger partial charge in [-0.25, -0.2) is 0 Å². The summed E-state index contributed by atoms with van der Waals surface area (Å²) in [7, 11) is 2.53. The lowest BCUT2D eigenvalue weighted by molar-refractivity contribution is -0.160. The third-order valence-corrected chi connectivity index (χ3v) is 6.94. The van der Waals surface area contributed by atoms with E-state index >= 15 is 0 Å². The zero-order valence-electron chi connectivity index (χ0n) is 17.3. The van der Waals surface area contributed by atoms with Crippen LogP contribution in [0.3, 0.4) is 0 Å². The van der Waals surface area contributed by atoms with Crippen molar-refractivity contribution in [2.45, 2.75) is 44.1 Å². The Kier molecular flexibility index (Phi) is 6.66. The molecule has 4 nitrogen and oxygen atoms in total. The number of cyclic esters (lactones) is 1. The minimum Gasteiger partial charge on any atom is -0.465 e. The van der Waals surface area contributed by atoms with E-state index in [1.54, 1.807) is 0 Å². The number of esters is 1. The van der Waals surface area contributed by atoms with Crippen molar-refractivity contribution >= 4 is 14.0 Å². The van der Waals surface area contributed by atoms with Gasteiger partial charge < -0.3 is 4.74 Å². The van der Waals surface area contributed by atoms with E-state index in [0.29, 0.717) is 19.4 Å². The number of hydrogen-bond donors (Lipinski definition) is 0. The van der Waals surface area contributed by atoms with Crippen molar-refractivity contribution in [1.82, 2.24) is 4.90 Å². The lowest BCUT2D eigenvalue weighted by Gasteiger charge is -2.45. The predicted molar refractivity (Wildman–Crippen MR) is 112 cm³/mol. The topological polar surface area (TPSA) is 53.3 Å². The molecular weight excluding hydrogens is 352 g/mol. The van der Waals surface area contributed by atoms with Gasteiger partial charge in [0.2, 0.25) is 0 Å². The fraction of sp³-hybridized carbons (Fsp3) is 0.545. The molecule has 1 aliphatic rings. The Labute approximate surface area is 164 Å². The maximum Gasteiger partial charge on any atom is 0.309 e. The van der Waals surface area contributed by atoms with Crippen molar-refractivity contribution in [3.63, 3.8) is 0 Å². The minimum atomic E-state index is -1.32. The highest BCUT2D eigenvalue weighted by atomic mass is 28.3. The standard InChI is InChI=1S/C22H32N2O2Si/c1-17(15-27(4,5)6)14-19-20(12-13-26-21(19)25)22(16-23,24(2)3)18-10-8-7-9-11-18/h7-11,19-20H,1,12-15H2,2-6H3. The third-order valence-electron chi connectivity index (χ3n) is 5.38. The molecule has 1 fully saturated rings. The van der Waals surface area contributed by atoms with E-state index in [1.165, 1.54) is 0 Å². The van der Waals surface area contributed by atoms with Crippen LogP contribution in [0, 0.1) is 23.2 Å². The zero-order chi connectivity index (χ0) is 20.2. The number of rotatable bonds is 7. The van der Waals surface area contributed by atoms with Gasteiger partial charge in [0.15, 0.2) is 0 Å². The highest BCUT2D eigenvalue weighted by Crippen LogP contribution is 2.45. The van der Waals surface area contributed by atoms with Crippen molar-refractivity contribution in [1.29, 1.82) is 5.26 Å². The number of hydrogen-bond acceptors (Lipinski definition) is 4. The second kappa shape index (κ2) is 8.41. The number of nitrogens with zero attached hydrogens (tertiary/aromatic N) is 2. The molecule has 3 unspecified atom stereocenters. The molecule has 1 aromatic carbocycles. The Bertz CT molecular complexity index is 718. The van der Waals surface area contributed by atoms with Gasteiger partial charge in [0, 0.05) is 14.0 Å². The molecule has 0 N–H and O–H groups in total. The summed E-state index contributed by atoms with van der Waals surface area (Å²) in [6.07, 6.45) is 1.27. The van der Waals surface area contributed by atoms with Crippen LogP contribution in [0.1, 0.15) is 18.4 Å². The molecule has 1 aliphatic heterocycles. The van der Waals surface area contributed by atoms with Crippen LogP contribution in [-0.4, -0.2) is 39.6 Å². The van der Waals surface area contributed by atoms with Gasteiger partial charge in [0.1, 0.15) is 5.54 Å². The predicted octanol–water partition coefficient (Wildman–Crippen LogP) is 4.43. The molecule has 3 atom stereocenters. The quantitative estimate of drug-likeness (QED) is 0.396. The first-order valence-electron chi connectivity index (χ1n) is 9.59. The molecule has 1 saturated heterocycles. The van der Waals surface area contributed by atoms with Crippen LogP contribution in [0.25, 0.3) is 0 Å². The van der Waals surface area contributed by atoms with Crippen molar-refractivity contribution in [3.8, 4) is 6.07 Å². The Morgan fingerprint density at radius 3 is 2.48 bits per heavy atom. The van der Waals surface area contributed by atoms with Crippen molar-refractivity contribution in [2.75, 3.05) is 20.7 Å². The Morgan fingerprint density at radius 2 is 1.96 bits per heavy atom. The SMILES string of the molecule is C=C(CC1C(=O)OCCC1C(C#N)(c1ccccc1)N(C)C)C[Si](C)(C)C. The normalized spacial score (nSPS) is 22.6. The summed E-state index contributed by atoms with van der Waals surface area (Å²) in [6, 6.07) is 13.4. The van der Waals surface area contributed by atoms with Gasteiger partial charge in [-0.1, -0.05) is 55.5 Å². The van der Waals surface area contributed by atoms with Crippen molar-refractivity contribution in [2.24, 2.45) is 11.8 Å². The fourth-order valence-corrected chi connectivity index (χ4v) is 6.01. The molecular formula is C22H32N2O2Si. The lowest BCUT2D eigenvalue weighted by Crippen LogP contribution is -2.53. The van der Waals surface area contributed by atoms with Crippen molar-refractivity contribution in [3.05, 3.63) is 48.0 Å². The number of ether oxygens (including phenoxy) is 1. The van der Waals surface area contributed by atoms with E-state index in [1.807, 2.05) is 49.3 Å². The number of allylic oxidation sites excluding steroid dienone is 1. The van der Waals surface area contributed by atoms with Gasteiger partial charge in [0.25, 0.3) is 0 Å². The van der Waals surface area contributed by atoms with E-state index in [0.717, 1.165) is 17.2 Å². The summed E-state index contributed by atoms with van der Waals surface area (Å²) in [4.78, 5) is 14.7. The molecule has 0 radical (unpaired) electrons. The monoisotopic (exact) mass is 384 g/mol. The first kappa shape index (κ1) is 21.4. The molecule has 1 aromatic rings. The summed E-state index contributed by atoms with van der Waals surface area (Å²) in [5.41, 5.74) is 1.16. The van der Waals surface area contributed by atoms with Crippen molar-refractivity contribution < 1.29 is 9.53 Å². The fourth-order valence-electron chi connectivity index (χ4n) is 4.36. The van der Waals surface area contributed by atoms with Crippen LogP contribution in [0.5, 0.6) is 0 Å². The van der Waals surface area contributed by atoms with E-state index in [9.17, 15) is 10.1 Å². The van der Waals surface area contributed by atoms with Crippen LogP contribution in [0.4, 0.5) is 0 Å². The molecule has 2 rings (SSSR count). The summed E-state index contributed by atoms with van der Waals surface area (Å²) in [5.74, 6) is -0.676. The molecule has 27 heavy (non-hydrogen) atoms. The van der Waals surface area contributed by atoms with Gasteiger partial charge in [-0.05, 0) is 38.5 Å². The first-order chi connectivity index (χ1) is 12.6. The van der Waals surface area contributed by atoms with E-state index < -0.39 is 13.6 Å². The number of carbonyl (C=O) groups is 1. The minimum absolute atomic E-state index is 0.139. The molecule has 5 heteroatoms. The average molecular weight is 385 g/mol. The van der Waals surface area contributed by atoms with E-state index in [2.05, 4.69) is 32.3 Å². The summed E-state index contributed by atoms with van der Waals surface area (Å²) < 4.78 is 5.41. The Balaban J connectivity index is 2.44. The van der Waals surface area contributed by atoms with Crippen LogP contribution in [0.2, 0.25) is 25.7 Å². The highest BCUT2D eigenvalue weighted by molar-refractivity contribution is 6.76. The van der Waals surface area contributed by atoms with Gasteiger partial charge in [-0.15, -0.1) is 6.58 Å². The summed E-state index contributed by atoms with van der Waals surface area (Å²) in [5, 5.41) is 10.3. The van der Waals surface area contributed by atoms with Gasteiger partial charge in [-0.3, -0.25) is 9.69 Å². The van der Waals surface area contributed by atoms with Crippen LogP contribution >= 0.6 is 0 Å². The van der Waals surface area contributed by atoms with E-state index in [-0.39, 0.29) is 17.8 Å². The average Bonchev–Trinajstić information content (AvgIpc) is 2.58. The van der Waals surface area contributed by atoms with Crippen LogP contribution in [-0.2, 0) is 15.1 Å². The van der Waals surface area contributed by atoms with Gasteiger partial charge in [-0.2, -0.15) is 5.26 Å². The van der Waals surface area contributed by atoms with Gasteiger partial charge >= 0.3 is 5.97 Å². The van der Waals surface area contributed by atoms with Crippen LogP contribution in [0.15, 0.2) is 42.5 Å². The molecule has 0 aromatic heterocycles. The second-order valence-corrected chi connectivity index (χ2v) is 14.5. The maximum atomic E-state index is 12.7. The smallest absolute Gasteiger partial charge is 0.309 e. The molecule has 0 amide bonds.